The van der Waals surface area contributed by atoms with Gasteiger partial charge in [-0.2, -0.15) is 15.4 Å². The van der Waals surface area contributed by atoms with Crippen molar-refractivity contribution in [3.05, 3.63) is 71.7 Å². The minimum Gasteiger partial charge on any atom is -0.437 e. The fourth-order valence-corrected chi connectivity index (χ4v) is 2.54. The zero-order valence-electron chi connectivity index (χ0n) is 14.5. The number of carbonyl (C=O) groups excluding carboxylic acids is 1. The van der Waals surface area contributed by atoms with Crippen molar-refractivity contribution in [2.24, 2.45) is 0 Å². The normalized spacial score (nSPS) is 10.7. The number of ether oxygens (including phenoxy) is 1. The van der Waals surface area contributed by atoms with Crippen LogP contribution in [0.15, 0.2) is 54.9 Å². The van der Waals surface area contributed by atoms with E-state index in [4.69, 9.17) is 4.74 Å². The lowest BCUT2D eigenvalue weighted by Crippen LogP contribution is -2.23. The first-order valence-corrected chi connectivity index (χ1v) is 8.32. The smallest absolute Gasteiger partial charge is 0.251 e. The van der Waals surface area contributed by atoms with Crippen molar-refractivity contribution < 1.29 is 9.53 Å². The van der Waals surface area contributed by atoms with E-state index in [1.807, 2.05) is 25.1 Å². The molecule has 8 nitrogen and oxygen atoms in total. The average Bonchev–Trinajstić information content (AvgIpc) is 3.16. The van der Waals surface area contributed by atoms with E-state index in [1.165, 1.54) is 0 Å². The second-order valence-electron chi connectivity index (χ2n) is 5.91. The number of amides is 1. The molecule has 0 spiro atoms. The van der Waals surface area contributed by atoms with Crippen molar-refractivity contribution in [2.75, 3.05) is 0 Å². The number of fused-ring (bicyclic) bond motifs is 1. The van der Waals surface area contributed by atoms with Gasteiger partial charge in [0.2, 0.25) is 5.88 Å². The number of rotatable bonds is 5. The summed E-state index contributed by atoms with van der Waals surface area (Å²) >= 11 is 0. The summed E-state index contributed by atoms with van der Waals surface area (Å²) < 4.78 is 5.80. The summed E-state index contributed by atoms with van der Waals surface area (Å²) in [5, 5.41) is 13.4. The zero-order chi connectivity index (χ0) is 18.6. The van der Waals surface area contributed by atoms with E-state index in [9.17, 15) is 4.79 Å². The van der Waals surface area contributed by atoms with E-state index in [-0.39, 0.29) is 12.5 Å². The monoisotopic (exact) mass is 360 g/mol. The highest BCUT2D eigenvalue weighted by molar-refractivity contribution is 5.97. The van der Waals surface area contributed by atoms with E-state index < -0.39 is 0 Å². The molecule has 0 aliphatic heterocycles. The summed E-state index contributed by atoms with van der Waals surface area (Å²) in [7, 11) is 0. The lowest BCUT2D eigenvalue weighted by molar-refractivity contribution is 0.0951. The van der Waals surface area contributed by atoms with Gasteiger partial charge in [-0.05, 0) is 43.3 Å². The van der Waals surface area contributed by atoms with Crippen LogP contribution in [0.3, 0.4) is 0 Å². The van der Waals surface area contributed by atoms with Gasteiger partial charge in [0, 0.05) is 29.6 Å². The number of hydrogen-bond donors (Lipinski definition) is 2. The highest BCUT2D eigenvalue weighted by atomic mass is 16.5. The maximum absolute atomic E-state index is 12.4. The van der Waals surface area contributed by atoms with Gasteiger partial charge in [0.1, 0.15) is 16.8 Å². The number of aromatic amines is 1. The molecule has 3 aromatic heterocycles. The number of benzene rings is 1. The summed E-state index contributed by atoms with van der Waals surface area (Å²) in [6, 6.07) is 12.5. The number of carbonyl (C=O) groups is 1. The van der Waals surface area contributed by atoms with Crippen LogP contribution in [0.25, 0.3) is 11.0 Å². The van der Waals surface area contributed by atoms with Crippen LogP contribution in [-0.4, -0.2) is 31.3 Å². The molecule has 0 unspecified atom stereocenters. The molecule has 0 radical (unpaired) electrons. The first-order chi connectivity index (χ1) is 13.2. The van der Waals surface area contributed by atoms with Crippen LogP contribution in [0, 0.1) is 6.92 Å². The van der Waals surface area contributed by atoms with Gasteiger partial charge < -0.3 is 10.1 Å². The highest BCUT2D eigenvalue weighted by Crippen LogP contribution is 2.22. The first kappa shape index (κ1) is 16.6. The first-order valence-electron chi connectivity index (χ1n) is 8.32. The molecule has 3 heterocycles. The summed E-state index contributed by atoms with van der Waals surface area (Å²) in [6.07, 6.45) is 3.28. The third-order valence-electron chi connectivity index (χ3n) is 3.97. The Bertz CT molecular complexity index is 1090. The van der Waals surface area contributed by atoms with Crippen LogP contribution < -0.4 is 10.1 Å². The Hall–Kier alpha value is -3.81. The Balaban J connectivity index is 1.47. The molecule has 2 N–H and O–H groups in total. The summed E-state index contributed by atoms with van der Waals surface area (Å²) in [4.78, 5) is 20.9. The van der Waals surface area contributed by atoms with E-state index in [2.05, 4.69) is 30.7 Å². The Kier molecular flexibility index (Phi) is 4.44. The van der Waals surface area contributed by atoms with Crippen molar-refractivity contribution in [3.63, 3.8) is 0 Å². The van der Waals surface area contributed by atoms with E-state index in [0.717, 1.165) is 11.3 Å². The molecule has 4 rings (SSSR count). The van der Waals surface area contributed by atoms with Crippen molar-refractivity contribution in [1.29, 1.82) is 0 Å². The van der Waals surface area contributed by atoms with Crippen molar-refractivity contribution in [2.45, 2.75) is 13.5 Å². The number of nitrogens with zero attached hydrogens (tertiary/aromatic N) is 4. The SMILES string of the molecule is Cc1ccc(Oc2ncccc2CNC(=O)c2ccc3n[nH]nc3c2)cn1. The molecule has 134 valence electrons. The van der Waals surface area contributed by atoms with Crippen LogP contribution in [-0.2, 0) is 6.54 Å². The van der Waals surface area contributed by atoms with Gasteiger partial charge >= 0.3 is 0 Å². The third kappa shape index (κ3) is 3.74. The number of H-pyrrole nitrogens is 1. The molecule has 0 bridgehead atoms. The number of aromatic nitrogens is 5. The Morgan fingerprint density at radius 1 is 1.11 bits per heavy atom. The lowest BCUT2D eigenvalue weighted by atomic mass is 10.2. The van der Waals surface area contributed by atoms with Gasteiger partial charge in [0.05, 0.1) is 6.20 Å². The van der Waals surface area contributed by atoms with Crippen LogP contribution in [0.5, 0.6) is 11.6 Å². The number of hydrogen-bond acceptors (Lipinski definition) is 6. The Morgan fingerprint density at radius 3 is 2.85 bits per heavy atom. The van der Waals surface area contributed by atoms with Crippen molar-refractivity contribution in [1.82, 2.24) is 30.7 Å². The van der Waals surface area contributed by atoms with Gasteiger partial charge in [-0.1, -0.05) is 6.07 Å². The number of pyridine rings is 2. The van der Waals surface area contributed by atoms with Crippen LogP contribution in [0.1, 0.15) is 21.6 Å². The lowest BCUT2D eigenvalue weighted by Gasteiger charge is -2.11. The summed E-state index contributed by atoms with van der Waals surface area (Å²) in [5.74, 6) is 0.797. The fraction of sp³-hybridized carbons (Fsp3) is 0.105. The second-order valence-corrected chi connectivity index (χ2v) is 5.91. The molecular formula is C19H16N6O2. The van der Waals surface area contributed by atoms with E-state index >= 15 is 0 Å². The minimum atomic E-state index is -0.216. The van der Waals surface area contributed by atoms with Gasteiger partial charge in [0.15, 0.2) is 0 Å². The average molecular weight is 360 g/mol. The van der Waals surface area contributed by atoms with Crippen LogP contribution in [0.2, 0.25) is 0 Å². The fourth-order valence-electron chi connectivity index (χ4n) is 2.54. The zero-order valence-corrected chi connectivity index (χ0v) is 14.5. The van der Waals surface area contributed by atoms with E-state index in [0.29, 0.717) is 28.2 Å². The molecule has 0 saturated carbocycles. The Morgan fingerprint density at radius 2 is 2.00 bits per heavy atom. The largest absolute Gasteiger partial charge is 0.437 e. The molecular weight excluding hydrogens is 344 g/mol. The van der Waals surface area contributed by atoms with Crippen molar-refractivity contribution >= 4 is 16.9 Å². The van der Waals surface area contributed by atoms with Gasteiger partial charge in [-0.3, -0.25) is 9.78 Å². The molecule has 0 fully saturated rings. The molecule has 1 aromatic carbocycles. The molecule has 0 atom stereocenters. The van der Waals surface area contributed by atoms with E-state index in [1.54, 1.807) is 36.7 Å². The molecule has 27 heavy (non-hydrogen) atoms. The molecule has 4 aromatic rings. The molecule has 0 saturated heterocycles. The molecule has 1 amide bonds. The topological polar surface area (TPSA) is 106 Å². The maximum atomic E-state index is 12.4. The summed E-state index contributed by atoms with van der Waals surface area (Å²) in [5.41, 5.74) is 3.51. The van der Waals surface area contributed by atoms with Gasteiger partial charge in [0.25, 0.3) is 5.91 Å². The standard InChI is InChI=1S/C19H16N6O2/c1-12-4-6-15(11-21-12)27-19-14(3-2-8-20-19)10-22-18(26)13-5-7-16-17(9-13)24-25-23-16/h2-9,11H,10H2,1H3,(H,22,26)(H,23,24,25). The Labute approximate surface area is 154 Å². The van der Waals surface area contributed by atoms with Gasteiger partial charge in [-0.25, -0.2) is 4.98 Å². The minimum absolute atomic E-state index is 0.216. The predicted octanol–water partition coefficient (Wildman–Crippen LogP) is 2.78. The molecule has 0 aliphatic carbocycles. The summed E-state index contributed by atoms with van der Waals surface area (Å²) in [6.45, 7) is 2.18. The van der Waals surface area contributed by atoms with Crippen LogP contribution in [0.4, 0.5) is 0 Å². The van der Waals surface area contributed by atoms with Gasteiger partial charge in [-0.15, -0.1) is 0 Å². The third-order valence-corrected chi connectivity index (χ3v) is 3.97. The quantitative estimate of drug-likeness (QED) is 0.567. The number of aryl methyl sites for hydroxylation is 1. The van der Waals surface area contributed by atoms with Crippen LogP contribution >= 0.6 is 0 Å². The number of nitrogens with one attached hydrogen (secondary N) is 2. The maximum Gasteiger partial charge on any atom is 0.251 e. The highest BCUT2D eigenvalue weighted by Gasteiger charge is 2.11. The molecule has 0 aliphatic rings. The second kappa shape index (κ2) is 7.20. The van der Waals surface area contributed by atoms with Crippen molar-refractivity contribution in [3.8, 4) is 11.6 Å². The molecule has 8 heteroatoms. The predicted molar refractivity (Wildman–Crippen MR) is 98.3 cm³/mol.